The van der Waals surface area contributed by atoms with E-state index in [-0.39, 0.29) is 18.4 Å². The third-order valence-corrected chi connectivity index (χ3v) is 3.10. The van der Waals surface area contributed by atoms with Crippen molar-refractivity contribution in [2.45, 2.75) is 45.7 Å². The van der Waals surface area contributed by atoms with Crippen LogP contribution in [0, 0.1) is 5.92 Å². The van der Waals surface area contributed by atoms with Gasteiger partial charge >= 0.3 is 6.03 Å². The summed E-state index contributed by atoms with van der Waals surface area (Å²) in [5.41, 5.74) is 0. The Bertz CT molecular complexity index is 354. The van der Waals surface area contributed by atoms with E-state index in [2.05, 4.69) is 24.5 Å². The van der Waals surface area contributed by atoms with Crippen LogP contribution in [0.2, 0.25) is 0 Å². The predicted octanol–water partition coefficient (Wildman–Crippen LogP) is 0.477. The Morgan fingerprint density at radius 2 is 1.94 bits per heavy atom. The van der Waals surface area contributed by atoms with Crippen LogP contribution in [0.3, 0.4) is 0 Å². The van der Waals surface area contributed by atoms with E-state index in [1.54, 1.807) is 11.9 Å². The Kier molecular flexibility index (Phi) is 4.69. The highest BCUT2D eigenvalue weighted by Crippen LogP contribution is 2.12. The van der Waals surface area contributed by atoms with Crippen molar-refractivity contribution in [2.75, 3.05) is 7.05 Å². The molecule has 1 fully saturated rings. The summed E-state index contributed by atoms with van der Waals surface area (Å²) in [6, 6.07) is -1.15. The molecule has 0 spiro atoms. The molecule has 102 valence electrons. The molecule has 18 heavy (non-hydrogen) atoms. The second-order valence-corrected chi connectivity index (χ2v) is 5.20. The van der Waals surface area contributed by atoms with Crippen molar-refractivity contribution in [1.82, 2.24) is 15.5 Å². The summed E-state index contributed by atoms with van der Waals surface area (Å²) in [5.74, 6) is -0.0616. The summed E-state index contributed by atoms with van der Waals surface area (Å²) >= 11 is 0. The van der Waals surface area contributed by atoms with Crippen molar-refractivity contribution in [3.63, 3.8) is 0 Å². The number of nitrogens with one attached hydrogen (secondary N) is 2. The molecule has 1 heterocycles. The summed E-state index contributed by atoms with van der Waals surface area (Å²) in [5, 5.41) is 4.53. The molecular weight excluding hydrogens is 234 g/mol. The van der Waals surface area contributed by atoms with Crippen molar-refractivity contribution < 1.29 is 14.4 Å². The molecule has 4 amide bonds. The first-order chi connectivity index (χ1) is 8.31. The zero-order chi connectivity index (χ0) is 13.9. The number of nitrogens with zero attached hydrogens (tertiary/aromatic N) is 1. The monoisotopic (exact) mass is 255 g/mol. The van der Waals surface area contributed by atoms with Crippen molar-refractivity contribution >= 4 is 17.8 Å². The fraction of sp³-hybridized carbons (Fsp3) is 0.750. The fourth-order valence-corrected chi connectivity index (χ4v) is 2.01. The lowest BCUT2D eigenvalue weighted by Gasteiger charge is -2.27. The quantitative estimate of drug-likeness (QED) is 0.701. The molecule has 0 aliphatic carbocycles. The van der Waals surface area contributed by atoms with Crippen LogP contribution in [0.5, 0.6) is 0 Å². The van der Waals surface area contributed by atoms with Gasteiger partial charge in [-0.15, -0.1) is 0 Å². The molecule has 0 aromatic heterocycles. The molecule has 1 saturated heterocycles. The summed E-state index contributed by atoms with van der Waals surface area (Å²) in [6.07, 6.45) is 0.919. The fourth-order valence-electron chi connectivity index (χ4n) is 2.01. The van der Waals surface area contributed by atoms with Gasteiger partial charge in [0.25, 0.3) is 5.91 Å². The van der Waals surface area contributed by atoms with Crippen LogP contribution in [0.4, 0.5) is 4.79 Å². The van der Waals surface area contributed by atoms with E-state index in [0.717, 1.165) is 6.42 Å². The first-order valence-electron chi connectivity index (χ1n) is 6.18. The molecule has 0 bridgehead atoms. The normalized spacial score (nSPS) is 20.6. The number of amides is 4. The lowest BCUT2D eigenvalue weighted by Crippen LogP contribution is -2.41. The first-order valence-corrected chi connectivity index (χ1v) is 6.18. The topological polar surface area (TPSA) is 78.5 Å². The molecule has 0 aromatic carbocycles. The lowest BCUT2D eigenvalue weighted by atomic mass is 10.0. The van der Waals surface area contributed by atoms with Gasteiger partial charge in [0, 0.05) is 13.1 Å². The van der Waals surface area contributed by atoms with E-state index in [0.29, 0.717) is 5.92 Å². The van der Waals surface area contributed by atoms with Crippen molar-refractivity contribution in [3.8, 4) is 0 Å². The second kappa shape index (κ2) is 5.84. The maximum Gasteiger partial charge on any atom is 0.322 e. The number of hydrogen-bond donors (Lipinski definition) is 2. The number of carbonyl (C=O) groups is 3. The average molecular weight is 255 g/mol. The van der Waals surface area contributed by atoms with E-state index in [1.165, 1.54) is 0 Å². The van der Waals surface area contributed by atoms with Gasteiger partial charge in [-0.05, 0) is 19.3 Å². The van der Waals surface area contributed by atoms with E-state index >= 15 is 0 Å². The van der Waals surface area contributed by atoms with Gasteiger partial charge in [0.2, 0.25) is 5.91 Å². The van der Waals surface area contributed by atoms with Gasteiger partial charge in [0.1, 0.15) is 6.04 Å². The Hall–Kier alpha value is -1.59. The zero-order valence-electron chi connectivity index (χ0n) is 11.3. The SMILES string of the molecule is CC(C)C[C@@H](C)N(C)C(=O)C[C@@H]1NC(=O)NC1=O. The lowest BCUT2D eigenvalue weighted by molar-refractivity contribution is -0.134. The molecule has 1 aliphatic rings. The van der Waals surface area contributed by atoms with Gasteiger partial charge in [-0.25, -0.2) is 4.79 Å². The molecular formula is C12H21N3O3. The number of imide groups is 1. The van der Waals surface area contributed by atoms with Crippen LogP contribution in [0.25, 0.3) is 0 Å². The minimum Gasteiger partial charge on any atom is -0.343 e. The molecule has 1 rings (SSSR count). The summed E-state index contributed by atoms with van der Waals surface area (Å²) in [4.78, 5) is 35.9. The number of carbonyl (C=O) groups excluding carboxylic acids is 3. The number of urea groups is 1. The Morgan fingerprint density at radius 1 is 1.33 bits per heavy atom. The molecule has 2 atom stereocenters. The molecule has 0 radical (unpaired) electrons. The van der Waals surface area contributed by atoms with Crippen molar-refractivity contribution in [2.24, 2.45) is 5.92 Å². The van der Waals surface area contributed by atoms with E-state index in [1.807, 2.05) is 6.92 Å². The van der Waals surface area contributed by atoms with Crippen LogP contribution in [-0.4, -0.2) is 41.9 Å². The third kappa shape index (κ3) is 3.72. The maximum absolute atomic E-state index is 12.0. The number of hydrogen-bond acceptors (Lipinski definition) is 3. The van der Waals surface area contributed by atoms with Crippen LogP contribution >= 0.6 is 0 Å². The molecule has 1 aliphatic heterocycles. The van der Waals surface area contributed by atoms with Crippen LogP contribution in [0.1, 0.15) is 33.6 Å². The van der Waals surface area contributed by atoms with Crippen molar-refractivity contribution in [1.29, 1.82) is 0 Å². The predicted molar refractivity (Wildman–Crippen MR) is 66.8 cm³/mol. The minimum atomic E-state index is -0.737. The molecule has 0 saturated carbocycles. The molecule has 0 unspecified atom stereocenters. The molecule has 6 heteroatoms. The molecule has 2 N–H and O–H groups in total. The first kappa shape index (κ1) is 14.5. The van der Waals surface area contributed by atoms with E-state index in [9.17, 15) is 14.4 Å². The van der Waals surface area contributed by atoms with Gasteiger partial charge < -0.3 is 10.2 Å². The van der Waals surface area contributed by atoms with Crippen LogP contribution in [0.15, 0.2) is 0 Å². The number of rotatable bonds is 5. The largest absolute Gasteiger partial charge is 0.343 e. The highest BCUT2D eigenvalue weighted by Gasteiger charge is 2.32. The minimum absolute atomic E-state index is 0.0104. The van der Waals surface area contributed by atoms with Crippen LogP contribution < -0.4 is 10.6 Å². The Balaban J connectivity index is 2.49. The summed E-state index contributed by atoms with van der Waals surface area (Å²) < 4.78 is 0. The summed E-state index contributed by atoms with van der Waals surface area (Å²) in [7, 11) is 1.73. The highest BCUT2D eigenvalue weighted by atomic mass is 16.2. The Morgan fingerprint density at radius 3 is 2.39 bits per heavy atom. The van der Waals surface area contributed by atoms with Gasteiger partial charge in [0.15, 0.2) is 0 Å². The smallest absolute Gasteiger partial charge is 0.322 e. The van der Waals surface area contributed by atoms with Gasteiger partial charge in [-0.2, -0.15) is 0 Å². The zero-order valence-corrected chi connectivity index (χ0v) is 11.3. The summed E-state index contributed by atoms with van der Waals surface area (Å²) in [6.45, 7) is 6.17. The molecule has 0 aromatic rings. The van der Waals surface area contributed by atoms with Crippen LogP contribution in [-0.2, 0) is 9.59 Å². The second-order valence-electron chi connectivity index (χ2n) is 5.20. The van der Waals surface area contributed by atoms with Gasteiger partial charge in [-0.3, -0.25) is 14.9 Å². The van der Waals surface area contributed by atoms with Gasteiger partial charge in [0.05, 0.1) is 6.42 Å². The third-order valence-electron chi connectivity index (χ3n) is 3.10. The van der Waals surface area contributed by atoms with Crippen molar-refractivity contribution in [3.05, 3.63) is 0 Å². The standard InChI is InChI=1S/C12H21N3O3/c1-7(2)5-8(3)15(4)10(16)6-9-11(17)14-12(18)13-9/h7-9H,5-6H2,1-4H3,(H2,13,14,17,18)/t8-,9+/m1/s1. The average Bonchev–Trinajstić information content (AvgIpc) is 2.55. The Labute approximate surface area is 107 Å². The maximum atomic E-state index is 12.0. The highest BCUT2D eigenvalue weighted by molar-refractivity contribution is 6.05. The van der Waals surface area contributed by atoms with Gasteiger partial charge in [-0.1, -0.05) is 13.8 Å². The van der Waals surface area contributed by atoms with E-state index in [4.69, 9.17) is 0 Å². The van der Waals surface area contributed by atoms with E-state index < -0.39 is 18.0 Å². The molecule has 6 nitrogen and oxygen atoms in total.